The van der Waals surface area contributed by atoms with Gasteiger partial charge in [0, 0.05) is 5.33 Å². The fourth-order valence-electron chi connectivity index (χ4n) is 1.61. The zero-order valence-corrected chi connectivity index (χ0v) is 9.74. The molecule has 0 bridgehead atoms. The second-order valence-corrected chi connectivity index (χ2v) is 4.39. The van der Waals surface area contributed by atoms with Crippen molar-refractivity contribution in [2.45, 2.75) is 31.5 Å². The molecule has 0 aliphatic heterocycles. The zero-order valence-electron chi connectivity index (χ0n) is 8.16. The van der Waals surface area contributed by atoms with E-state index in [9.17, 15) is 0 Å². The van der Waals surface area contributed by atoms with Crippen molar-refractivity contribution in [3.05, 3.63) is 35.9 Å². The molecule has 1 saturated carbocycles. The van der Waals surface area contributed by atoms with E-state index in [1.807, 2.05) is 6.07 Å². The third kappa shape index (κ3) is 2.37. The molecule has 1 aliphatic rings. The van der Waals surface area contributed by atoms with Gasteiger partial charge in [-0.1, -0.05) is 46.3 Å². The van der Waals surface area contributed by atoms with Gasteiger partial charge >= 0.3 is 0 Å². The van der Waals surface area contributed by atoms with Gasteiger partial charge in [-0.3, -0.25) is 0 Å². The van der Waals surface area contributed by atoms with E-state index in [0.29, 0.717) is 6.10 Å². The fourth-order valence-corrected chi connectivity index (χ4v) is 2.14. The van der Waals surface area contributed by atoms with E-state index in [-0.39, 0.29) is 6.10 Å². The lowest BCUT2D eigenvalue weighted by atomic mass is 9.96. The van der Waals surface area contributed by atoms with Crippen molar-refractivity contribution >= 4 is 15.9 Å². The lowest BCUT2D eigenvalue weighted by Crippen LogP contribution is -2.24. The first-order chi connectivity index (χ1) is 6.90. The van der Waals surface area contributed by atoms with Gasteiger partial charge in [-0.05, 0) is 24.8 Å². The SMILES string of the molecule is BrCC(OC1CCC1)c1ccccc1. The number of benzene rings is 1. The average molecular weight is 255 g/mol. The Balaban J connectivity index is 1.98. The lowest BCUT2D eigenvalue weighted by Gasteiger charge is -2.30. The quantitative estimate of drug-likeness (QED) is 0.745. The topological polar surface area (TPSA) is 9.23 Å². The summed E-state index contributed by atoms with van der Waals surface area (Å²) in [5.41, 5.74) is 1.27. The van der Waals surface area contributed by atoms with Gasteiger partial charge in [-0.2, -0.15) is 0 Å². The molecular formula is C12H15BrO. The van der Waals surface area contributed by atoms with Crippen molar-refractivity contribution in [3.63, 3.8) is 0 Å². The molecule has 76 valence electrons. The molecule has 1 aromatic carbocycles. The first-order valence-electron chi connectivity index (χ1n) is 5.16. The number of alkyl halides is 1. The minimum absolute atomic E-state index is 0.224. The molecule has 1 aliphatic carbocycles. The van der Waals surface area contributed by atoms with E-state index < -0.39 is 0 Å². The van der Waals surface area contributed by atoms with Crippen LogP contribution in [0.4, 0.5) is 0 Å². The molecule has 1 fully saturated rings. The van der Waals surface area contributed by atoms with Crippen LogP contribution in [-0.2, 0) is 4.74 Å². The second-order valence-electron chi connectivity index (χ2n) is 3.74. The molecule has 1 atom stereocenters. The Morgan fingerprint density at radius 2 is 2.00 bits per heavy atom. The van der Waals surface area contributed by atoms with Crippen LogP contribution >= 0.6 is 15.9 Å². The molecule has 1 aromatic rings. The summed E-state index contributed by atoms with van der Waals surface area (Å²) >= 11 is 3.51. The van der Waals surface area contributed by atoms with Gasteiger partial charge in [0.1, 0.15) is 0 Å². The van der Waals surface area contributed by atoms with Gasteiger partial charge in [-0.15, -0.1) is 0 Å². The fraction of sp³-hybridized carbons (Fsp3) is 0.500. The van der Waals surface area contributed by atoms with Crippen LogP contribution in [-0.4, -0.2) is 11.4 Å². The number of hydrogen-bond donors (Lipinski definition) is 0. The maximum absolute atomic E-state index is 5.97. The van der Waals surface area contributed by atoms with Crippen LogP contribution in [0.2, 0.25) is 0 Å². The monoisotopic (exact) mass is 254 g/mol. The Hall–Kier alpha value is -0.340. The van der Waals surface area contributed by atoms with Crippen LogP contribution in [0.1, 0.15) is 30.9 Å². The van der Waals surface area contributed by atoms with Crippen molar-refractivity contribution < 1.29 is 4.74 Å². The van der Waals surface area contributed by atoms with Gasteiger partial charge < -0.3 is 4.74 Å². The van der Waals surface area contributed by atoms with Crippen molar-refractivity contribution in [1.29, 1.82) is 0 Å². The molecule has 0 aromatic heterocycles. The van der Waals surface area contributed by atoms with E-state index in [0.717, 1.165) is 5.33 Å². The summed E-state index contributed by atoms with van der Waals surface area (Å²) in [6, 6.07) is 10.4. The minimum atomic E-state index is 0.224. The molecule has 2 rings (SSSR count). The predicted octanol–water partition coefficient (Wildman–Crippen LogP) is 3.69. The Labute approximate surface area is 93.6 Å². The Kier molecular flexibility index (Phi) is 3.60. The first-order valence-corrected chi connectivity index (χ1v) is 6.28. The van der Waals surface area contributed by atoms with E-state index in [4.69, 9.17) is 4.74 Å². The maximum Gasteiger partial charge on any atom is 0.0925 e. The van der Waals surface area contributed by atoms with E-state index in [1.165, 1.54) is 24.8 Å². The number of ether oxygens (including phenoxy) is 1. The molecule has 0 radical (unpaired) electrons. The Morgan fingerprint density at radius 1 is 1.29 bits per heavy atom. The Bertz CT molecular complexity index is 269. The highest BCUT2D eigenvalue weighted by Crippen LogP contribution is 2.29. The van der Waals surface area contributed by atoms with Crippen molar-refractivity contribution in [3.8, 4) is 0 Å². The molecule has 14 heavy (non-hydrogen) atoms. The molecule has 1 nitrogen and oxygen atoms in total. The summed E-state index contributed by atoms with van der Waals surface area (Å²) in [6.07, 6.45) is 4.51. The van der Waals surface area contributed by atoms with Crippen LogP contribution in [0.3, 0.4) is 0 Å². The normalized spacial score (nSPS) is 18.9. The molecule has 1 unspecified atom stereocenters. The zero-order chi connectivity index (χ0) is 9.80. The average Bonchev–Trinajstić information content (AvgIpc) is 2.18. The molecule has 0 amide bonds. The maximum atomic E-state index is 5.97. The number of hydrogen-bond acceptors (Lipinski definition) is 1. The molecule has 2 heteroatoms. The summed E-state index contributed by atoms with van der Waals surface area (Å²) in [6.45, 7) is 0. The summed E-state index contributed by atoms with van der Waals surface area (Å²) in [5, 5.41) is 0.882. The van der Waals surface area contributed by atoms with Crippen LogP contribution in [0.15, 0.2) is 30.3 Å². The molecule has 0 spiro atoms. The van der Waals surface area contributed by atoms with Crippen molar-refractivity contribution in [2.24, 2.45) is 0 Å². The highest BCUT2D eigenvalue weighted by atomic mass is 79.9. The summed E-state index contributed by atoms with van der Waals surface area (Å²) in [5.74, 6) is 0. The molecule has 0 N–H and O–H groups in total. The first kappa shape index (κ1) is 10.2. The summed E-state index contributed by atoms with van der Waals surface area (Å²) in [4.78, 5) is 0. The molecule has 0 saturated heterocycles. The summed E-state index contributed by atoms with van der Waals surface area (Å²) in [7, 11) is 0. The lowest BCUT2D eigenvalue weighted by molar-refractivity contribution is -0.0418. The van der Waals surface area contributed by atoms with Crippen molar-refractivity contribution in [2.75, 3.05) is 5.33 Å². The van der Waals surface area contributed by atoms with E-state index in [1.54, 1.807) is 0 Å². The molecular weight excluding hydrogens is 240 g/mol. The van der Waals surface area contributed by atoms with Gasteiger partial charge in [0.2, 0.25) is 0 Å². The minimum Gasteiger partial charge on any atom is -0.369 e. The number of halogens is 1. The van der Waals surface area contributed by atoms with Crippen LogP contribution in [0.25, 0.3) is 0 Å². The predicted molar refractivity (Wildman–Crippen MR) is 61.7 cm³/mol. The number of rotatable bonds is 4. The van der Waals surface area contributed by atoms with Gasteiger partial charge in [-0.25, -0.2) is 0 Å². The Morgan fingerprint density at radius 3 is 2.50 bits per heavy atom. The highest BCUT2D eigenvalue weighted by Gasteiger charge is 2.22. The standard InChI is InChI=1S/C12H15BrO/c13-9-12(14-11-7-4-8-11)10-5-2-1-3-6-10/h1-3,5-6,11-12H,4,7-9H2. The largest absolute Gasteiger partial charge is 0.369 e. The van der Waals surface area contributed by atoms with Crippen LogP contribution < -0.4 is 0 Å². The summed E-state index contributed by atoms with van der Waals surface area (Å²) < 4.78 is 5.97. The van der Waals surface area contributed by atoms with E-state index >= 15 is 0 Å². The van der Waals surface area contributed by atoms with Gasteiger partial charge in [0.05, 0.1) is 12.2 Å². The van der Waals surface area contributed by atoms with Gasteiger partial charge in [0.25, 0.3) is 0 Å². The van der Waals surface area contributed by atoms with Crippen molar-refractivity contribution in [1.82, 2.24) is 0 Å². The second kappa shape index (κ2) is 4.94. The third-order valence-electron chi connectivity index (χ3n) is 2.72. The van der Waals surface area contributed by atoms with E-state index in [2.05, 4.69) is 40.2 Å². The van der Waals surface area contributed by atoms with Gasteiger partial charge in [0.15, 0.2) is 0 Å². The van der Waals surface area contributed by atoms with Crippen LogP contribution in [0.5, 0.6) is 0 Å². The third-order valence-corrected chi connectivity index (χ3v) is 3.31. The molecule has 0 heterocycles. The highest BCUT2D eigenvalue weighted by molar-refractivity contribution is 9.09. The smallest absolute Gasteiger partial charge is 0.0925 e. The van der Waals surface area contributed by atoms with Crippen LogP contribution in [0, 0.1) is 0 Å².